The molecule has 76 valence electrons. The third-order valence-electron chi connectivity index (χ3n) is 1.57. The average Bonchev–Trinajstić information content (AvgIpc) is 2.08. The molecule has 0 radical (unpaired) electrons. The summed E-state index contributed by atoms with van der Waals surface area (Å²) in [4.78, 5) is 0. The van der Waals surface area contributed by atoms with Crippen molar-refractivity contribution in [3.63, 3.8) is 0 Å². The Morgan fingerprint density at radius 3 is 1.75 bits per heavy atom. The van der Waals surface area contributed by atoms with Gasteiger partial charge in [-0.3, -0.25) is 0 Å². The van der Waals surface area contributed by atoms with Crippen LogP contribution in [0.2, 0.25) is 6.04 Å². The number of thiol groups is 1. The quantitative estimate of drug-likeness (QED) is 0.501. The monoisotopic (exact) mass is 228 g/mol. The van der Waals surface area contributed by atoms with E-state index in [1.807, 2.05) is 0 Å². The van der Waals surface area contributed by atoms with Gasteiger partial charge in [-0.2, -0.15) is 12.6 Å². The summed E-state index contributed by atoms with van der Waals surface area (Å²) in [5.74, 6) is 0.838. The van der Waals surface area contributed by atoms with Crippen molar-refractivity contribution >= 4 is 32.4 Å². The van der Waals surface area contributed by atoms with Crippen LogP contribution in [0.4, 0.5) is 0 Å². The lowest BCUT2D eigenvalue weighted by Gasteiger charge is -2.23. The molecule has 0 fully saturated rings. The number of hydrogen-bond donors (Lipinski definition) is 1. The predicted octanol–water partition coefficient (Wildman–Crippen LogP) is -0.267. The lowest BCUT2D eigenvalue weighted by Crippen LogP contribution is -2.42. The minimum absolute atomic E-state index is 0. The molecule has 0 rings (SSSR count). The zero-order valence-electron chi connectivity index (χ0n) is 7.29. The van der Waals surface area contributed by atoms with E-state index in [1.165, 1.54) is 0 Å². The summed E-state index contributed by atoms with van der Waals surface area (Å²) in [6.07, 6.45) is 0.963. The molecule has 0 aromatic rings. The first kappa shape index (κ1) is 15.2. The first-order valence-electron chi connectivity index (χ1n) is 3.51. The molecule has 0 aromatic carbocycles. The molecule has 0 amide bonds. The van der Waals surface area contributed by atoms with Gasteiger partial charge in [0.25, 0.3) is 0 Å². The van der Waals surface area contributed by atoms with E-state index in [0.717, 1.165) is 18.2 Å². The van der Waals surface area contributed by atoms with Gasteiger partial charge < -0.3 is 13.3 Å². The second-order valence-corrected chi connectivity index (χ2v) is 5.66. The zero-order valence-corrected chi connectivity index (χ0v) is 9.19. The fourth-order valence-corrected chi connectivity index (χ4v) is 3.03. The lowest BCUT2D eigenvalue weighted by atomic mass is 10.6. The van der Waals surface area contributed by atoms with E-state index in [0.29, 0.717) is 0 Å². The van der Waals surface area contributed by atoms with Crippen molar-refractivity contribution in [2.24, 2.45) is 0 Å². The summed E-state index contributed by atoms with van der Waals surface area (Å²) < 4.78 is 15.6. The maximum atomic E-state index is 5.20. The molecule has 0 aliphatic rings. The van der Waals surface area contributed by atoms with Crippen molar-refractivity contribution in [1.82, 2.24) is 0 Å². The average molecular weight is 228 g/mol. The zero-order chi connectivity index (χ0) is 8.74. The fraction of sp³-hybridized carbons (Fsp3) is 1.00. The lowest BCUT2D eigenvalue weighted by molar-refractivity contribution is 0.123. The second-order valence-electron chi connectivity index (χ2n) is 2.12. The largest absolute Gasteiger partial charge is 0.500 e. The Morgan fingerprint density at radius 1 is 1.08 bits per heavy atom. The van der Waals surface area contributed by atoms with Crippen LogP contribution in [0.1, 0.15) is 6.42 Å². The Balaban J connectivity index is 0. The summed E-state index contributed by atoms with van der Waals surface area (Å²) in [6, 6.07) is 0.833. The van der Waals surface area contributed by atoms with Gasteiger partial charge in [-0.1, -0.05) is 0 Å². The summed E-state index contributed by atoms with van der Waals surface area (Å²) in [5.41, 5.74) is 0. The molecule has 6 heteroatoms. The third-order valence-corrected chi connectivity index (χ3v) is 4.72. The van der Waals surface area contributed by atoms with E-state index in [9.17, 15) is 0 Å². The minimum atomic E-state index is -2.29. The summed E-state index contributed by atoms with van der Waals surface area (Å²) in [7, 11) is 2.58. The molecule has 0 heterocycles. The van der Waals surface area contributed by atoms with Crippen LogP contribution in [0.25, 0.3) is 0 Å². The van der Waals surface area contributed by atoms with E-state index < -0.39 is 8.80 Å². The van der Waals surface area contributed by atoms with E-state index >= 15 is 0 Å². The molecule has 0 atom stereocenters. The van der Waals surface area contributed by atoms with Gasteiger partial charge in [-0.05, 0) is 23.1 Å². The van der Waals surface area contributed by atoms with Gasteiger partial charge in [0.2, 0.25) is 0 Å². The van der Waals surface area contributed by atoms with E-state index in [-0.39, 0.29) is 11.0 Å². The normalized spacial score (nSPS) is 11.0. The molecule has 0 aromatic heterocycles. The molecular formula is C6H20O3SSi2. The molecule has 0 unspecified atom stereocenters. The number of rotatable bonds is 6. The van der Waals surface area contributed by atoms with Crippen LogP contribution in [0.15, 0.2) is 0 Å². The van der Waals surface area contributed by atoms with Crippen molar-refractivity contribution in [3.8, 4) is 0 Å². The van der Waals surface area contributed by atoms with Gasteiger partial charge >= 0.3 is 8.80 Å². The molecule has 0 saturated carbocycles. The van der Waals surface area contributed by atoms with Gasteiger partial charge in [0.05, 0.1) is 0 Å². The van der Waals surface area contributed by atoms with Gasteiger partial charge in [0, 0.05) is 27.4 Å². The van der Waals surface area contributed by atoms with Crippen LogP contribution in [0.3, 0.4) is 0 Å². The van der Waals surface area contributed by atoms with Crippen molar-refractivity contribution in [1.29, 1.82) is 0 Å². The van der Waals surface area contributed by atoms with Crippen molar-refractivity contribution in [2.75, 3.05) is 27.1 Å². The van der Waals surface area contributed by atoms with Crippen LogP contribution < -0.4 is 0 Å². The van der Waals surface area contributed by atoms with Gasteiger partial charge in [-0.15, -0.1) is 0 Å². The van der Waals surface area contributed by atoms with E-state index in [1.54, 1.807) is 21.3 Å². The van der Waals surface area contributed by atoms with Crippen LogP contribution in [-0.2, 0) is 13.3 Å². The molecule has 0 spiro atoms. The minimum Gasteiger partial charge on any atom is -0.377 e. The standard InChI is InChI=1S/C6H16O3SSi.H4Si/c1-7-11(8-2,9-3)6-4-5-10;/h10H,4-6H2,1-3H3;1H4. The van der Waals surface area contributed by atoms with Crippen molar-refractivity contribution < 1.29 is 13.3 Å². The molecule has 0 N–H and O–H groups in total. The Bertz CT molecular complexity index is 92.5. The molecule has 12 heavy (non-hydrogen) atoms. The highest BCUT2D eigenvalue weighted by atomic mass is 32.1. The molecule has 0 bridgehead atoms. The highest BCUT2D eigenvalue weighted by Crippen LogP contribution is 2.14. The summed E-state index contributed by atoms with van der Waals surface area (Å²) in [5, 5.41) is 0. The highest BCUT2D eigenvalue weighted by molar-refractivity contribution is 7.80. The SMILES string of the molecule is CO[Si](CCCS)(OC)OC.[SiH4]. The number of hydrogen-bond acceptors (Lipinski definition) is 4. The van der Waals surface area contributed by atoms with Gasteiger partial charge in [-0.25, -0.2) is 0 Å². The van der Waals surface area contributed by atoms with Crippen LogP contribution in [0.5, 0.6) is 0 Å². The molecule has 0 aliphatic carbocycles. The Labute approximate surface area is 85.6 Å². The Hall–Kier alpha value is 0.664. The molecule has 0 aliphatic heterocycles. The Morgan fingerprint density at radius 2 is 1.50 bits per heavy atom. The summed E-state index contributed by atoms with van der Waals surface area (Å²) in [6.45, 7) is 0. The molecule has 3 nitrogen and oxygen atoms in total. The first-order chi connectivity index (χ1) is 5.24. The van der Waals surface area contributed by atoms with Gasteiger partial charge in [0.1, 0.15) is 0 Å². The van der Waals surface area contributed by atoms with Crippen molar-refractivity contribution in [3.05, 3.63) is 0 Å². The van der Waals surface area contributed by atoms with E-state index in [2.05, 4.69) is 12.6 Å². The third kappa shape index (κ3) is 4.63. The fourth-order valence-electron chi connectivity index (χ4n) is 0.852. The van der Waals surface area contributed by atoms with Gasteiger partial charge in [0.15, 0.2) is 0 Å². The molecular weight excluding hydrogens is 208 g/mol. The molecule has 0 saturated heterocycles. The maximum absolute atomic E-state index is 5.20. The second kappa shape index (κ2) is 8.27. The van der Waals surface area contributed by atoms with Crippen LogP contribution >= 0.6 is 12.6 Å². The first-order valence-corrected chi connectivity index (χ1v) is 6.07. The van der Waals surface area contributed by atoms with E-state index in [4.69, 9.17) is 13.3 Å². The van der Waals surface area contributed by atoms with Crippen LogP contribution in [-0.4, -0.2) is 46.9 Å². The topological polar surface area (TPSA) is 27.7 Å². The maximum Gasteiger partial charge on any atom is 0.500 e. The summed E-state index contributed by atoms with van der Waals surface area (Å²) >= 11 is 4.10. The predicted molar refractivity (Wildman–Crippen MR) is 61.4 cm³/mol. The van der Waals surface area contributed by atoms with Crippen molar-refractivity contribution in [2.45, 2.75) is 12.5 Å². The smallest absolute Gasteiger partial charge is 0.377 e. The highest BCUT2D eigenvalue weighted by Gasteiger charge is 2.36. The Kier molecular flexibility index (Phi) is 10.4. The van der Waals surface area contributed by atoms with Crippen LogP contribution in [0, 0.1) is 0 Å².